The smallest absolute Gasteiger partial charge is 0.109 e. The maximum absolute atomic E-state index is 9.67. The molecule has 0 saturated heterocycles. The fourth-order valence-electron chi connectivity index (χ4n) is 1.62. The van der Waals surface area contributed by atoms with Gasteiger partial charge in [-0.25, -0.2) is 0 Å². The fraction of sp³-hybridized carbons (Fsp3) is 0.273. The van der Waals surface area contributed by atoms with Crippen molar-refractivity contribution in [3.05, 3.63) is 41.0 Å². The molecule has 0 aromatic heterocycles. The van der Waals surface area contributed by atoms with Gasteiger partial charge < -0.3 is 15.3 Å². The molecule has 1 aliphatic rings. The highest BCUT2D eigenvalue weighted by Crippen LogP contribution is 2.28. The summed E-state index contributed by atoms with van der Waals surface area (Å²) in [5.41, 5.74) is 2.30. The maximum Gasteiger partial charge on any atom is 0.109 e. The van der Waals surface area contributed by atoms with Crippen LogP contribution in [-0.4, -0.2) is 21.4 Å². The summed E-state index contributed by atoms with van der Waals surface area (Å²) < 4.78 is 0. The van der Waals surface area contributed by atoms with E-state index in [1.807, 2.05) is 6.07 Å². The van der Waals surface area contributed by atoms with Gasteiger partial charge in [0.15, 0.2) is 0 Å². The summed E-state index contributed by atoms with van der Waals surface area (Å²) >= 11 is 0. The van der Waals surface area contributed by atoms with Crippen LogP contribution in [0.5, 0.6) is 0 Å². The first-order valence-corrected chi connectivity index (χ1v) is 4.50. The number of benzene rings is 1. The van der Waals surface area contributed by atoms with Gasteiger partial charge in [-0.3, -0.25) is 0 Å². The third-order valence-corrected chi connectivity index (χ3v) is 2.45. The zero-order valence-corrected chi connectivity index (χ0v) is 7.59. The molecule has 0 amide bonds. The molecular weight excluding hydrogens is 180 g/mol. The molecular formula is C11H12O3. The van der Waals surface area contributed by atoms with Gasteiger partial charge in [0.2, 0.25) is 0 Å². The second-order valence-corrected chi connectivity index (χ2v) is 3.42. The largest absolute Gasteiger partial charge is 0.392 e. The Morgan fingerprint density at radius 3 is 2.71 bits per heavy atom. The first-order chi connectivity index (χ1) is 6.72. The summed E-state index contributed by atoms with van der Waals surface area (Å²) in [5.74, 6) is 0. The van der Waals surface area contributed by atoms with Crippen LogP contribution in [0.2, 0.25) is 0 Å². The molecule has 0 spiro atoms. The van der Waals surface area contributed by atoms with Crippen LogP contribution in [-0.2, 0) is 6.61 Å². The van der Waals surface area contributed by atoms with Crippen molar-refractivity contribution in [2.45, 2.75) is 18.8 Å². The average molecular weight is 192 g/mol. The van der Waals surface area contributed by atoms with Crippen LogP contribution in [0.4, 0.5) is 0 Å². The molecule has 2 rings (SSSR count). The lowest BCUT2D eigenvalue weighted by molar-refractivity contribution is 0.0469. The van der Waals surface area contributed by atoms with Crippen LogP contribution in [0, 0.1) is 0 Å². The normalized spacial score (nSPS) is 24.8. The third kappa shape index (κ3) is 1.46. The van der Waals surface area contributed by atoms with E-state index in [9.17, 15) is 10.2 Å². The zero-order valence-electron chi connectivity index (χ0n) is 7.59. The van der Waals surface area contributed by atoms with Gasteiger partial charge >= 0.3 is 0 Å². The van der Waals surface area contributed by atoms with E-state index in [1.54, 1.807) is 24.3 Å². The number of aliphatic hydroxyl groups excluding tert-OH is 3. The summed E-state index contributed by atoms with van der Waals surface area (Å²) in [4.78, 5) is 0. The Labute approximate surface area is 81.9 Å². The molecule has 1 aromatic rings. The number of hydrogen-bond acceptors (Lipinski definition) is 3. The van der Waals surface area contributed by atoms with Gasteiger partial charge in [0.25, 0.3) is 0 Å². The van der Waals surface area contributed by atoms with Crippen molar-refractivity contribution in [3.8, 4) is 0 Å². The molecule has 0 bridgehead atoms. The third-order valence-electron chi connectivity index (χ3n) is 2.45. The van der Waals surface area contributed by atoms with Crippen LogP contribution in [0.1, 0.15) is 22.8 Å². The van der Waals surface area contributed by atoms with E-state index >= 15 is 0 Å². The molecule has 0 unspecified atom stereocenters. The Balaban J connectivity index is 2.48. The van der Waals surface area contributed by atoms with Crippen molar-refractivity contribution in [1.29, 1.82) is 0 Å². The van der Waals surface area contributed by atoms with Crippen LogP contribution < -0.4 is 0 Å². The lowest BCUT2D eigenvalue weighted by atomic mass is 9.91. The molecule has 0 saturated carbocycles. The molecule has 0 aliphatic heterocycles. The molecule has 1 aromatic carbocycles. The molecule has 1 aliphatic carbocycles. The molecule has 0 heterocycles. The van der Waals surface area contributed by atoms with Gasteiger partial charge in [-0.2, -0.15) is 0 Å². The number of aliphatic hydroxyl groups is 3. The first kappa shape index (κ1) is 9.40. The van der Waals surface area contributed by atoms with Crippen molar-refractivity contribution in [2.75, 3.05) is 0 Å². The van der Waals surface area contributed by atoms with Gasteiger partial charge in [-0.05, 0) is 16.7 Å². The quantitative estimate of drug-likeness (QED) is 0.610. The van der Waals surface area contributed by atoms with Gasteiger partial charge in [0, 0.05) is 0 Å². The highest BCUT2D eigenvalue weighted by Gasteiger charge is 2.22. The second kappa shape index (κ2) is 3.53. The van der Waals surface area contributed by atoms with Gasteiger partial charge in [-0.15, -0.1) is 0 Å². The zero-order chi connectivity index (χ0) is 10.1. The summed E-state index contributed by atoms with van der Waals surface area (Å²) in [6.07, 6.45) is 1.59. The average Bonchev–Trinajstić information content (AvgIpc) is 2.23. The lowest BCUT2D eigenvalue weighted by Gasteiger charge is -2.22. The van der Waals surface area contributed by atoms with Gasteiger partial charge in [-0.1, -0.05) is 30.4 Å². The molecule has 3 heteroatoms. The highest BCUT2D eigenvalue weighted by molar-refractivity contribution is 5.59. The van der Waals surface area contributed by atoms with Crippen molar-refractivity contribution < 1.29 is 15.3 Å². The van der Waals surface area contributed by atoms with Crippen molar-refractivity contribution in [3.63, 3.8) is 0 Å². The minimum Gasteiger partial charge on any atom is -0.392 e. The van der Waals surface area contributed by atoms with Gasteiger partial charge in [0.05, 0.1) is 6.61 Å². The lowest BCUT2D eigenvalue weighted by Crippen LogP contribution is -2.19. The van der Waals surface area contributed by atoms with Crippen LogP contribution in [0.25, 0.3) is 6.08 Å². The summed E-state index contributed by atoms with van der Waals surface area (Å²) in [5, 5.41) is 28.0. The van der Waals surface area contributed by atoms with Crippen LogP contribution in [0.15, 0.2) is 24.3 Å². The predicted molar refractivity (Wildman–Crippen MR) is 52.4 cm³/mol. The number of rotatable bonds is 1. The molecule has 3 N–H and O–H groups in total. The SMILES string of the molecule is OCc1ccc2c(c1)[C@@H](O)[C@@H](O)C=C2. The van der Waals surface area contributed by atoms with Crippen molar-refractivity contribution in [2.24, 2.45) is 0 Å². The predicted octanol–water partition coefficient (Wildman–Crippen LogP) is 0.600. The van der Waals surface area contributed by atoms with E-state index in [0.29, 0.717) is 5.56 Å². The molecule has 3 nitrogen and oxygen atoms in total. The maximum atomic E-state index is 9.67. The second-order valence-electron chi connectivity index (χ2n) is 3.42. The van der Waals surface area contributed by atoms with Gasteiger partial charge in [0.1, 0.15) is 12.2 Å². The Bertz CT molecular complexity index is 371. The minimum atomic E-state index is -0.888. The molecule has 0 fully saturated rings. The standard InChI is InChI=1S/C11H12O3/c12-6-7-1-2-8-3-4-10(13)11(14)9(8)5-7/h1-5,10-14H,6H2/t10-,11+/m0/s1. The van der Waals surface area contributed by atoms with E-state index in [4.69, 9.17) is 5.11 Å². The van der Waals surface area contributed by atoms with E-state index < -0.39 is 12.2 Å². The fourth-order valence-corrected chi connectivity index (χ4v) is 1.62. The Hall–Kier alpha value is -1.16. The summed E-state index contributed by atoms with van der Waals surface area (Å²) in [6, 6.07) is 5.34. The Morgan fingerprint density at radius 2 is 2.00 bits per heavy atom. The highest BCUT2D eigenvalue weighted by atomic mass is 16.3. The van der Waals surface area contributed by atoms with Crippen molar-refractivity contribution >= 4 is 6.08 Å². The number of hydrogen-bond donors (Lipinski definition) is 3. The Morgan fingerprint density at radius 1 is 1.21 bits per heavy atom. The number of fused-ring (bicyclic) bond motifs is 1. The van der Waals surface area contributed by atoms with E-state index in [1.165, 1.54) is 0 Å². The van der Waals surface area contributed by atoms with E-state index in [-0.39, 0.29) is 6.61 Å². The summed E-state index contributed by atoms with van der Waals surface area (Å²) in [7, 11) is 0. The van der Waals surface area contributed by atoms with Crippen LogP contribution >= 0.6 is 0 Å². The molecule has 74 valence electrons. The van der Waals surface area contributed by atoms with Crippen molar-refractivity contribution in [1.82, 2.24) is 0 Å². The molecule has 14 heavy (non-hydrogen) atoms. The van der Waals surface area contributed by atoms with E-state index in [0.717, 1.165) is 11.1 Å². The first-order valence-electron chi connectivity index (χ1n) is 4.50. The molecule has 2 atom stereocenters. The topological polar surface area (TPSA) is 60.7 Å². The Kier molecular flexibility index (Phi) is 2.37. The molecule has 0 radical (unpaired) electrons. The monoisotopic (exact) mass is 192 g/mol. The minimum absolute atomic E-state index is 0.0557. The van der Waals surface area contributed by atoms with Crippen LogP contribution in [0.3, 0.4) is 0 Å². The summed E-state index contributed by atoms with van der Waals surface area (Å²) in [6.45, 7) is -0.0557. The van der Waals surface area contributed by atoms with E-state index in [2.05, 4.69) is 0 Å².